The predicted molar refractivity (Wildman–Crippen MR) is 98.1 cm³/mol. The summed E-state index contributed by atoms with van der Waals surface area (Å²) in [6, 6.07) is 8.42. The van der Waals surface area contributed by atoms with E-state index in [1.807, 2.05) is 13.8 Å². The molecule has 0 aliphatic heterocycles. The molecule has 0 saturated carbocycles. The standard InChI is InChI=1S/C20H24F2N2O2/c1-20(2,11-23)12-24(3)19(25)16-7-5-13(9-17(16)21)15-8-6-14(26-4)10-18(15)22/h5-10H,11-12,23H2,1-4H3. The van der Waals surface area contributed by atoms with Crippen LogP contribution in [-0.2, 0) is 0 Å². The van der Waals surface area contributed by atoms with E-state index in [1.165, 1.54) is 42.3 Å². The third-order valence-corrected chi connectivity index (χ3v) is 4.25. The van der Waals surface area contributed by atoms with E-state index < -0.39 is 17.5 Å². The summed E-state index contributed by atoms with van der Waals surface area (Å²) >= 11 is 0. The Balaban J connectivity index is 2.28. The van der Waals surface area contributed by atoms with E-state index in [9.17, 15) is 13.6 Å². The smallest absolute Gasteiger partial charge is 0.256 e. The molecule has 140 valence electrons. The Morgan fingerprint density at radius 2 is 1.85 bits per heavy atom. The van der Waals surface area contributed by atoms with Gasteiger partial charge in [-0.15, -0.1) is 0 Å². The summed E-state index contributed by atoms with van der Waals surface area (Å²) in [6.07, 6.45) is 0. The zero-order valence-electron chi connectivity index (χ0n) is 15.5. The molecule has 0 aliphatic carbocycles. The first kappa shape index (κ1) is 19.8. The van der Waals surface area contributed by atoms with Crippen molar-refractivity contribution in [2.24, 2.45) is 11.1 Å². The Bertz CT molecular complexity index is 806. The summed E-state index contributed by atoms with van der Waals surface area (Å²) in [5, 5.41) is 0. The fourth-order valence-corrected chi connectivity index (χ4v) is 2.70. The van der Waals surface area contributed by atoms with E-state index in [0.29, 0.717) is 24.4 Å². The topological polar surface area (TPSA) is 55.6 Å². The minimum atomic E-state index is -0.694. The number of hydrogen-bond acceptors (Lipinski definition) is 3. The van der Waals surface area contributed by atoms with Gasteiger partial charge in [-0.3, -0.25) is 4.79 Å². The van der Waals surface area contributed by atoms with Gasteiger partial charge in [0.05, 0.1) is 12.7 Å². The third-order valence-electron chi connectivity index (χ3n) is 4.25. The van der Waals surface area contributed by atoms with Crippen LogP contribution in [0.2, 0.25) is 0 Å². The molecule has 0 saturated heterocycles. The molecule has 0 unspecified atom stereocenters. The number of carbonyl (C=O) groups is 1. The molecular formula is C20H24F2N2O2. The number of halogens is 2. The highest BCUT2D eigenvalue weighted by molar-refractivity contribution is 5.95. The zero-order chi connectivity index (χ0) is 19.5. The molecule has 0 fully saturated rings. The fraction of sp³-hybridized carbons (Fsp3) is 0.350. The van der Waals surface area contributed by atoms with E-state index in [-0.39, 0.29) is 16.5 Å². The number of rotatable bonds is 6. The van der Waals surface area contributed by atoms with Crippen molar-refractivity contribution in [3.05, 3.63) is 53.6 Å². The summed E-state index contributed by atoms with van der Waals surface area (Å²) in [7, 11) is 3.05. The second kappa shape index (κ2) is 7.83. The highest BCUT2D eigenvalue weighted by Gasteiger charge is 2.24. The van der Waals surface area contributed by atoms with Gasteiger partial charge in [-0.25, -0.2) is 8.78 Å². The van der Waals surface area contributed by atoms with Crippen LogP contribution in [0.3, 0.4) is 0 Å². The van der Waals surface area contributed by atoms with Crippen LogP contribution in [0.25, 0.3) is 11.1 Å². The van der Waals surface area contributed by atoms with Gasteiger partial charge in [0, 0.05) is 25.2 Å². The largest absolute Gasteiger partial charge is 0.497 e. The van der Waals surface area contributed by atoms with Crippen LogP contribution in [0.15, 0.2) is 36.4 Å². The van der Waals surface area contributed by atoms with E-state index in [4.69, 9.17) is 10.5 Å². The molecule has 2 rings (SSSR count). The first-order valence-corrected chi connectivity index (χ1v) is 8.27. The van der Waals surface area contributed by atoms with E-state index in [1.54, 1.807) is 13.1 Å². The van der Waals surface area contributed by atoms with Crippen LogP contribution < -0.4 is 10.5 Å². The van der Waals surface area contributed by atoms with Crippen molar-refractivity contribution < 1.29 is 18.3 Å². The van der Waals surface area contributed by atoms with Crippen molar-refractivity contribution in [1.29, 1.82) is 0 Å². The molecule has 2 aromatic rings. The number of amides is 1. The predicted octanol–water partition coefficient (Wildman–Crippen LogP) is 3.70. The Kier molecular flexibility index (Phi) is 5.97. The van der Waals surface area contributed by atoms with Gasteiger partial charge in [0.15, 0.2) is 0 Å². The maximum absolute atomic E-state index is 14.5. The number of ether oxygens (including phenoxy) is 1. The molecule has 4 nitrogen and oxygen atoms in total. The van der Waals surface area contributed by atoms with Gasteiger partial charge in [-0.1, -0.05) is 19.9 Å². The van der Waals surface area contributed by atoms with Crippen molar-refractivity contribution >= 4 is 5.91 Å². The molecule has 0 aromatic heterocycles. The number of carbonyl (C=O) groups excluding carboxylic acids is 1. The molecule has 6 heteroatoms. The van der Waals surface area contributed by atoms with E-state index >= 15 is 0 Å². The van der Waals surface area contributed by atoms with Gasteiger partial charge in [0.1, 0.15) is 17.4 Å². The Labute approximate surface area is 152 Å². The average Bonchev–Trinajstić information content (AvgIpc) is 2.60. The lowest BCUT2D eigenvalue weighted by molar-refractivity contribution is 0.0736. The van der Waals surface area contributed by atoms with E-state index in [2.05, 4.69) is 0 Å². The minimum Gasteiger partial charge on any atom is -0.497 e. The SMILES string of the molecule is COc1ccc(-c2ccc(C(=O)N(C)CC(C)(C)CN)c(F)c2)c(F)c1. The number of benzene rings is 2. The Hall–Kier alpha value is -2.47. The lowest BCUT2D eigenvalue weighted by Gasteiger charge is -2.29. The molecule has 0 radical (unpaired) electrons. The zero-order valence-corrected chi connectivity index (χ0v) is 15.5. The molecule has 26 heavy (non-hydrogen) atoms. The number of nitrogens with two attached hydrogens (primary N) is 1. The van der Waals surface area contributed by atoms with Gasteiger partial charge in [-0.2, -0.15) is 0 Å². The molecule has 2 aromatic carbocycles. The van der Waals surface area contributed by atoms with Crippen molar-refractivity contribution in [1.82, 2.24) is 4.90 Å². The van der Waals surface area contributed by atoms with Crippen molar-refractivity contribution in [3.8, 4) is 16.9 Å². The van der Waals surface area contributed by atoms with Crippen molar-refractivity contribution in [2.75, 3.05) is 27.2 Å². The van der Waals surface area contributed by atoms with E-state index in [0.717, 1.165) is 0 Å². The number of methoxy groups -OCH3 is 1. The van der Waals surface area contributed by atoms with Crippen LogP contribution in [0.1, 0.15) is 24.2 Å². The van der Waals surface area contributed by atoms with Crippen LogP contribution in [-0.4, -0.2) is 38.1 Å². The maximum atomic E-state index is 14.5. The number of nitrogens with zero attached hydrogens (tertiary/aromatic N) is 1. The first-order chi connectivity index (χ1) is 12.2. The van der Waals surface area contributed by atoms with Gasteiger partial charge < -0.3 is 15.4 Å². The van der Waals surface area contributed by atoms with Crippen LogP contribution in [0.4, 0.5) is 8.78 Å². The first-order valence-electron chi connectivity index (χ1n) is 8.27. The van der Waals surface area contributed by atoms with Crippen molar-refractivity contribution in [3.63, 3.8) is 0 Å². The van der Waals surface area contributed by atoms with Gasteiger partial charge in [-0.05, 0) is 41.8 Å². The normalized spacial score (nSPS) is 11.3. The molecular weight excluding hydrogens is 338 g/mol. The Morgan fingerprint density at radius 1 is 1.15 bits per heavy atom. The molecule has 0 bridgehead atoms. The fourth-order valence-electron chi connectivity index (χ4n) is 2.70. The lowest BCUT2D eigenvalue weighted by Crippen LogP contribution is -2.40. The second-order valence-corrected chi connectivity index (χ2v) is 7.07. The highest BCUT2D eigenvalue weighted by Crippen LogP contribution is 2.28. The number of hydrogen-bond donors (Lipinski definition) is 1. The van der Waals surface area contributed by atoms with Gasteiger partial charge >= 0.3 is 0 Å². The lowest BCUT2D eigenvalue weighted by atomic mass is 9.93. The summed E-state index contributed by atoms with van der Waals surface area (Å²) in [5.41, 5.74) is 5.95. The summed E-state index contributed by atoms with van der Waals surface area (Å²) in [5.74, 6) is -1.28. The van der Waals surface area contributed by atoms with Crippen molar-refractivity contribution in [2.45, 2.75) is 13.8 Å². The molecule has 0 atom stereocenters. The van der Waals surface area contributed by atoms with Crippen LogP contribution in [0.5, 0.6) is 5.75 Å². The summed E-state index contributed by atoms with van der Waals surface area (Å²) in [6.45, 7) is 4.67. The maximum Gasteiger partial charge on any atom is 0.256 e. The molecule has 0 aliphatic rings. The molecule has 0 heterocycles. The quantitative estimate of drug-likeness (QED) is 0.853. The summed E-state index contributed by atoms with van der Waals surface area (Å²) < 4.78 is 33.7. The van der Waals surface area contributed by atoms with Crippen LogP contribution >= 0.6 is 0 Å². The molecule has 0 spiro atoms. The monoisotopic (exact) mass is 362 g/mol. The molecule has 2 N–H and O–H groups in total. The Morgan fingerprint density at radius 3 is 2.38 bits per heavy atom. The minimum absolute atomic E-state index is 0.0574. The van der Waals surface area contributed by atoms with Gasteiger partial charge in [0.25, 0.3) is 5.91 Å². The molecule has 1 amide bonds. The summed E-state index contributed by atoms with van der Waals surface area (Å²) in [4.78, 5) is 14.0. The van der Waals surface area contributed by atoms with Gasteiger partial charge in [0.2, 0.25) is 0 Å². The van der Waals surface area contributed by atoms with Crippen LogP contribution in [0, 0.1) is 17.0 Å². The second-order valence-electron chi connectivity index (χ2n) is 7.07. The highest BCUT2D eigenvalue weighted by atomic mass is 19.1. The third kappa shape index (κ3) is 4.38. The average molecular weight is 362 g/mol.